The van der Waals surface area contributed by atoms with Gasteiger partial charge in [0.05, 0.1) is 42.9 Å². The van der Waals surface area contributed by atoms with Crippen LogP contribution in [0.4, 0.5) is 0 Å². The van der Waals surface area contributed by atoms with E-state index in [0.29, 0.717) is 29.0 Å². The van der Waals surface area contributed by atoms with E-state index in [9.17, 15) is 18.0 Å². The molecule has 0 spiro atoms. The quantitative estimate of drug-likeness (QED) is 0.397. The lowest BCUT2D eigenvalue weighted by atomic mass is 10.1. The number of pyridine rings is 1. The van der Waals surface area contributed by atoms with Gasteiger partial charge in [0.1, 0.15) is 0 Å². The Labute approximate surface area is 215 Å². The van der Waals surface area contributed by atoms with Crippen molar-refractivity contribution in [2.45, 2.75) is 37.3 Å². The number of sulfonamides is 1. The summed E-state index contributed by atoms with van der Waals surface area (Å²) in [5.41, 5.74) is 0.644. The smallest absolute Gasteiger partial charge is 0.338 e. The number of H-pyrrole nitrogens is 1. The molecular formula is C26H30N2O8S. The maximum absolute atomic E-state index is 13.7. The Kier molecular flexibility index (Phi) is 8.16. The second-order valence-electron chi connectivity index (χ2n) is 8.60. The van der Waals surface area contributed by atoms with Crippen LogP contribution in [0.3, 0.4) is 0 Å². The van der Waals surface area contributed by atoms with Crippen LogP contribution < -0.4 is 15.0 Å². The largest absolute Gasteiger partial charge is 0.493 e. The summed E-state index contributed by atoms with van der Waals surface area (Å²) < 4.78 is 50.0. The molecule has 10 nitrogen and oxygen atoms in total. The Morgan fingerprint density at radius 1 is 1.11 bits per heavy atom. The number of nitrogens with one attached hydrogen (secondary N) is 1. The van der Waals surface area contributed by atoms with Crippen molar-refractivity contribution in [1.29, 1.82) is 0 Å². The highest BCUT2D eigenvalue weighted by Gasteiger charge is 2.30. The molecule has 11 heteroatoms. The summed E-state index contributed by atoms with van der Waals surface area (Å²) in [7, 11) is -1.01. The molecule has 1 fully saturated rings. The second-order valence-corrected chi connectivity index (χ2v) is 10.5. The average Bonchev–Trinajstić information content (AvgIpc) is 3.41. The lowest BCUT2D eigenvalue weighted by molar-refractivity contribution is 0.0526. The molecule has 1 saturated heterocycles. The molecule has 0 saturated carbocycles. The maximum atomic E-state index is 13.7. The number of aromatic nitrogens is 1. The molecule has 0 amide bonds. The molecule has 1 aliphatic heterocycles. The van der Waals surface area contributed by atoms with Crippen LogP contribution in [0.1, 0.15) is 35.7 Å². The third-order valence-electron chi connectivity index (χ3n) is 6.21. The Balaban J connectivity index is 1.70. The topological polar surface area (TPSA) is 124 Å². The van der Waals surface area contributed by atoms with Crippen molar-refractivity contribution in [3.05, 3.63) is 63.9 Å². The number of fused-ring (bicyclic) bond motifs is 1. The second kappa shape index (κ2) is 11.3. The van der Waals surface area contributed by atoms with Crippen molar-refractivity contribution in [3.63, 3.8) is 0 Å². The molecule has 0 radical (unpaired) electrons. The fourth-order valence-electron chi connectivity index (χ4n) is 4.28. The molecule has 0 bridgehead atoms. The van der Waals surface area contributed by atoms with Crippen molar-refractivity contribution >= 4 is 26.9 Å². The van der Waals surface area contributed by atoms with Gasteiger partial charge in [-0.25, -0.2) is 13.2 Å². The van der Waals surface area contributed by atoms with Gasteiger partial charge in [-0.1, -0.05) is 0 Å². The van der Waals surface area contributed by atoms with Gasteiger partial charge in [-0.15, -0.1) is 0 Å². The lowest BCUT2D eigenvalue weighted by Gasteiger charge is -2.25. The first-order chi connectivity index (χ1) is 17.8. The van der Waals surface area contributed by atoms with Crippen LogP contribution in [-0.4, -0.2) is 63.8 Å². The first kappa shape index (κ1) is 26.6. The number of hydrogen-bond donors (Lipinski definition) is 1. The lowest BCUT2D eigenvalue weighted by Crippen LogP contribution is -2.38. The molecule has 1 aliphatic rings. The first-order valence-corrected chi connectivity index (χ1v) is 13.4. The van der Waals surface area contributed by atoms with E-state index >= 15 is 0 Å². The summed E-state index contributed by atoms with van der Waals surface area (Å²) in [5, 5.41) is 0.667. The van der Waals surface area contributed by atoms with Gasteiger partial charge in [-0.05, 0) is 56.2 Å². The standard InChI is InChI=1S/C26H30N2O8S/c1-4-35-26(30)17-7-9-21(10-8-17)37(31,32)28(16-20-6-5-11-36-20)15-19-12-18-13-23(33-2)24(34-3)14-22(18)27-25(19)29/h7-10,12-14,20H,4-6,11,15-16H2,1-3H3,(H,27,29)/t20-/m1/s1. The van der Waals surface area contributed by atoms with E-state index in [0.717, 1.165) is 12.8 Å². The fraction of sp³-hybridized carbons (Fsp3) is 0.385. The number of esters is 1. The summed E-state index contributed by atoms with van der Waals surface area (Å²) in [6, 6.07) is 10.6. The number of carbonyl (C=O) groups excluding carboxylic acids is 1. The Hall–Kier alpha value is -3.41. The predicted molar refractivity (Wildman–Crippen MR) is 137 cm³/mol. The van der Waals surface area contributed by atoms with E-state index in [2.05, 4.69) is 4.98 Å². The molecule has 3 aromatic rings. The van der Waals surface area contributed by atoms with Gasteiger partial charge in [-0.2, -0.15) is 4.31 Å². The van der Waals surface area contributed by atoms with E-state index in [1.165, 1.54) is 42.8 Å². The Bertz CT molecular complexity index is 1430. The first-order valence-electron chi connectivity index (χ1n) is 11.9. The van der Waals surface area contributed by atoms with Gasteiger partial charge in [0, 0.05) is 36.7 Å². The Morgan fingerprint density at radius 2 is 1.81 bits per heavy atom. The molecule has 0 aliphatic carbocycles. The summed E-state index contributed by atoms with van der Waals surface area (Å²) in [5.74, 6) is 0.420. The number of nitrogens with zero attached hydrogens (tertiary/aromatic N) is 1. The van der Waals surface area contributed by atoms with Crippen LogP contribution in [-0.2, 0) is 26.0 Å². The molecule has 2 aromatic carbocycles. The molecule has 1 N–H and O–H groups in total. The van der Waals surface area contributed by atoms with Crippen LogP contribution in [0, 0.1) is 0 Å². The monoisotopic (exact) mass is 530 g/mol. The number of hydrogen-bond acceptors (Lipinski definition) is 8. The number of carbonyl (C=O) groups is 1. The van der Waals surface area contributed by atoms with Crippen molar-refractivity contribution < 1.29 is 32.2 Å². The summed E-state index contributed by atoms with van der Waals surface area (Å²) in [6.45, 7) is 2.39. The minimum atomic E-state index is -4.03. The number of methoxy groups -OCH3 is 2. The van der Waals surface area contributed by atoms with Gasteiger partial charge >= 0.3 is 5.97 Å². The van der Waals surface area contributed by atoms with Crippen LogP contribution in [0.25, 0.3) is 10.9 Å². The molecule has 2 heterocycles. The van der Waals surface area contributed by atoms with E-state index in [-0.39, 0.29) is 41.8 Å². The Morgan fingerprint density at radius 3 is 2.43 bits per heavy atom. The molecule has 198 valence electrons. The molecule has 0 unspecified atom stereocenters. The minimum Gasteiger partial charge on any atom is -0.493 e. The third-order valence-corrected chi connectivity index (χ3v) is 8.03. The summed E-state index contributed by atoms with van der Waals surface area (Å²) in [6.07, 6.45) is 1.28. The van der Waals surface area contributed by atoms with Gasteiger partial charge in [0.2, 0.25) is 10.0 Å². The summed E-state index contributed by atoms with van der Waals surface area (Å²) in [4.78, 5) is 27.8. The van der Waals surface area contributed by atoms with Crippen LogP contribution in [0.15, 0.2) is 52.2 Å². The van der Waals surface area contributed by atoms with Crippen molar-refractivity contribution in [2.75, 3.05) is 34.0 Å². The van der Waals surface area contributed by atoms with Crippen LogP contribution in [0.5, 0.6) is 11.5 Å². The van der Waals surface area contributed by atoms with Crippen molar-refractivity contribution in [3.8, 4) is 11.5 Å². The number of aromatic amines is 1. The van der Waals surface area contributed by atoms with E-state index in [4.69, 9.17) is 18.9 Å². The summed E-state index contributed by atoms with van der Waals surface area (Å²) >= 11 is 0. The normalized spacial score (nSPS) is 15.7. The van der Waals surface area contributed by atoms with Crippen LogP contribution in [0.2, 0.25) is 0 Å². The molecule has 4 rings (SSSR count). The fourth-order valence-corrected chi connectivity index (χ4v) is 5.72. The van der Waals surface area contributed by atoms with Gasteiger partial charge < -0.3 is 23.9 Å². The van der Waals surface area contributed by atoms with Gasteiger partial charge in [-0.3, -0.25) is 4.79 Å². The van der Waals surface area contributed by atoms with Crippen molar-refractivity contribution in [1.82, 2.24) is 9.29 Å². The van der Waals surface area contributed by atoms with E-state index < -0.39 is 21.6 Å². The number of benzene rings is 2. The zero-order valence-electron chi connectivity index (χ0n) is 21.0. The van der Waals surface area contributed by atoms with Gasteiger partial charge in [0.15, 0.2) is 11.5 Å². The SMILES string of the molecule is CCOC(=O)c1ccc(S(=O)(=O)N(Cc2cc3cc(OC)c(OC)cc3[nH]c2=O)C[C@H]2CCCO2)cc1. The molecule has 37 heavy (non-hydrogen) atoms. The third kappa shape index (κ3) is 5.79. The average molecular weight is 531 g/mol. The highest BCUT2D eigenvalue weighted by Crippen LogP contribution is 2.31. The van der Waals surface area contributed by atoms with Gasteiger partial charge in [0.25, 0.3) is 5.56 Å². The highest BCUT2D eigenvalue weighted by molar-refractivity contribution is 7.89. The van der Waals surface area contributed by atoms with E-state index in [1.807, 2.05) is 0 Å². The van der Waals surface area contributed by atoms with E-state index in [1.54, 1.807) is 25.1 Å². The number of ether oxygens (including phenoxy) is 4. The van der Waals surface area contributed by atoms with Crippen molar-refractivity contribution in [2.24, 2.45) is 0 Å². The molecular weight excluding hydrogens is 500 g/mol. The van der Waals surface area contributed by atoms with Crippen LogP contribution >= 0.6 is 0 Å². The number of rotatable bonds is 10. The zero-order valence-corrected chi connectivity index (χ0v) is 21.8. The predicted octanol–water partition coefficient (Wildman–Crippen LogP) is 3.09. The highest BCUT2D eigenvalue weighted by atomic mass is 32.2. The minimum absolute atomic E-state index is 0.00201. The molecule has 1 aromatic heterocycles. The molecule has 1 atom stereocenters. The maximum Gasteiger partial charge on any atom is 0.338 e. The zero-order chi connectivity index (χ0) is 26.6.